The molecule has 0 radical (unpaired) electrons. The number of alkyl halides is 3. The van der Waals surface area contributed by atoms with Crippen LogP contribution in [-0.2, 0) is 15.8 Å². The number of hydrogen-bond donors (Lipinski definition) is 2. The maximum absolute atomic E-state index is 12.8. The van der Waals surface area contributed by atoms with Crippen molar-refractivity contribution in [2.24, 2.45) is 0 Å². The van der Waals surface area contributed by atoms with Crippen LogP contribution in [0.2, 0.25) is 0 Å². The van der Waals surface area contributed by atoms with Crippen molar-refractivity contribution >= 4 is 40.9 Å². The smallest absolute Gasteiger partial charge is 0.416 e. The van der Waals surface area contributed by atoms with Crippen LogP contribution in [0.3, 0.4) is 0 Å². The molecular weight excluding hydrogens is 373 g/mol. The summed E-state index contributed by atoms with van der Waals surface area (Å²) in [5, 5.41) is 12.6. The summed E-state index contributed by atoms with van der Waals surface area (Å²) in [7, 11) is 0. The number of anilines is 1. The molecule has 0 spiro atoms. The highest BCUT2D eigenvalue weighted by Gasteiger charge is 2.36. The molecular formula is C16H9F3N2O4S. The standard InChI is InChI=1S/C16H9F3N2O4S/c17-16(18,19)9-2-1-3-10(5-9)21-14(23)11(13(22)20-21)4-8-6-26-7-12(8)15(24)25/h1-7H,(H,20,22)(H,24,25)/b11-4+. The summed E-state index contributed by atoms with van der Waals surface area (Å²) in [5.74, 6) is -2.94. The Hall–Kier alpha value is -3.14. The van der Waals surface area contributed by atoms with E-state index in [-0.39, 0.29) is 22.4 Å². The summed E-state index contributed by atoms with van der Waals surface area (Å²) in [6.45, 7) is 0. The molecule has 0 bridgehead atoms. The quantitative estimate of drug-likeness (QED) is 0.631. The number of nitrogens with one attached hydrogen (secondary N) is 1. The van der Waals surface area contributed by atoms with Gasteiger partial charge in [-0.3, -0.25) is 15.0 Å². The Morgan fingerprint density at radius 1 is 1.23 bits per heavy atom. The molecule has 1 aromatic carbocycles. The van der Waals surface area contributed by atoms with Gasteiger partial charge < -0.3 is 5.11 Å². The fourth-order valence-electron chi connectivity index (χ4n) is 2.31. The molecule has 6 nitrogen and oxygen atoms in total. The summed E-state index contributed by atoms with van der Waals surface area (Å²) < 4.78 is 38.5. The van der Waals surface area contributed by atoms with E-state index < -0.39 is 29.5 Å². The highest BCUT2D eigenvalue weighted by atomic mass is 32.1. The molecule has 2 N–H and O–H groups in total. The van der Waals surface area contributed by atoms with Crippen LogP contribution >= 0.6 is 11.3 Å². The lowest BCUT2D eigenvalue weighted by atomic mass is 10.1. The second-order valence-corrected chi connectivity index (χ2v) is 5.98. The lowest BCUT2D eigenvalue weighted by Gasteiger charge is -2.16. The third-order valence-electron chi connectivity index (χ3n) is 3.55. The number of hydrogen-bond acceptors (Lipinski definition) is 4. The Labute approximate surface area is 148 Å². The Balaban J connectivity index is 1.96. The topological polar surface area (TPSA) is 86.7 Å². The second-order valence-electron chi connectivity index (χ2n) is 5.23. The number of benzene rings is 1. The predicted molar refractivity (Wildman–Crippen MR) is 86.3 cm³/mol. The van der Waals surface area contributed by atoms with Gasteiger partial charge in [-0.05, 0) is 29.7 Å². The van der Waals surface area contributed by atoms with Crippen LogP contribution in [0.4, 0.5) is 18.9 Å². The van der Waals surface area contributed by atoms with Gasteiger partial charge in [0.05, 0.1) is 16.8 Å². The van der Waals surface area contributed by atoms with E-state index in [2.05, 4.69) is 5.43 Å². The predicted octanol–water partition coefficient (Wildman–Crippen LogP) is 2.93. The van der Waals surface area contributed by atoms with E-state index in [1.165, 1.54) is 16.8 Å². The largest absolute Gasteiger partial charge is 0.478 e. The number of carbonyl (C=O) groups excluding carboxylic acids is 2. The second kappa shape index (κ2) is 6.30. The Morgan fingerprint density at radius 3 is 2.62 bits per heavy atom. The van der Waals surface area contributed by atoms with Crippen LogP contribution in [0.1, 0.15) is 21.5 Å². The van der Waals surface area contributed by atoms with Crippen LogP contribution in [0.25, 0.3) is 6.08 Å². The van der Waals surface area contributed by atoms with Crippen LogP contribution in [0.5, 0.6) is 0 Å². The van der Waals surface area contributed by atoms with E-state index in [4.69, 9.17) is 5.11 Å². The normalized spacial score (nSPS) is 16.3. The van der Waals surface area contributed by atoms with Gasteiger partial charge in [0, 0.05) is 10.9 Å². The summed E-state index contributed by atoms with van der Waals surface area (Å²) >= 11 is 1.08. The number of hydrazine groups is 1. The minimum atomic E-state index is -4.60. The van der Waals surface area contributed by atoms with Crippen molar-refractivity contribution < 1.29 is 32.7 Å². The maximum atomic E-state index is 12.8. The first-order chi connectivity index (χ1) is 12.2. The minimum Gasteiger partial charge on any atom is -0.478 e. The van der Waals surface area contributed by atoms with Crippen molar-refractivity contribution in [3.05, 3.63) is 57.3 Å². The summed E-state index contributed by atoms with van der Waals surface area (Å²) in [5.41, 5.74) is 0.746. The first-order valence-corrected chi connectivity index (χ1v) is 7.96. The minimum absolute atomic E-state index is 0.0828. The van der Waals surface area contributed by atoms with E-state index in [9.17, 15) is 27.6 Å². The number of rotatable bonds is 3. The Bertz CT molecular complexity index is 949. The molecule has 0 saturated carbocycles. The van der Waals surface area contributed by atoms with Crippen molar-refractivity contribution in [1.82, 2.24) is 5.43 Å². The number of aromatic carboxylic acids is 1. The number of carbonyl (C=O) groups is 3. The van der Waals surface area contributed by atoms with Gasteiger partial charge in [-0.1, -0.05) is 6.07 Å². The van der Waals surface area contributed by atoms with Gasteiger partial charge in [0.25, 0.3) is 11.8 Å². The van der Waals surface area contributed by atoms with Gasteiger partial charge in [-0.2, -0.15) is 24.5 Å². The van der Waals surface area contributed by atoms with Crippen molar-refractivity contribution in [2.75, 3.05) is 5.01 Å². The number of nitrogens with zero attached hydrogens (tertiary/aromatic N) is 1. The summed E-state index contributed by atoms with van der Waals surface area (Å²) in [4.78, 5) is 35.6. The van der Waals surface area contributed by atoms with Crippen LogP contribution in [-0.4, -0.2) is 22.9 Å². The van der Waals surface area contributed by atoms with Crippen LogP contribution in [0, 0.1) is 0 Å². The SMILES string of the molecule is O=C1NN(c2cccc(C(F)(F)F)c2)C(=O)/C1=C/c1cscc1C(=O)O. The summed E-state index contributed by atoms with van der Waals surface area (Å²) in [6.07, 6.45) is -3.50. The lowest BCUT2D eigenvalue weighted by Crippen LogP contribution is -2.35. The molecule has 26 heavy (non-hydrogen) atoms. The highest BCUT2D eigenvalue weighted by Crippen LogP contribution is 2.32. The molecule has 1 aliphatic rings. The Kier molecular flexibility index (Phi) is 4.28. The molecule has 0 atom stereocenters. The third-order valence-corrected chi connectivity index (χ3v) is 4.31. The first-order valence-electron chi connectivity index (χ1n) is 7.02. The fraction of sp³-hybridized carbons (Fsp3) is 0.0625. The zero-order valence-corrected chi connectivity index (χ0v) is 13.5. The van der Waals surface area contributed by atoms with Gasteiger partial charge >= 0.3 is 12.1 Å². The molecule has 1 aromatic heterocycles. The highest BCUT2D eigenvalue weighted by molar-refractivity contribution is 7.08. The third kappa shape index (κ3) is 3.18. The zero-order valence-electron chi connectivity index (χ0n) is 12.7. The average molecular weight is 382 g/mol. The number of carboxylic acids is 1. The molecule has 134 valence electrons. The molecule has 0 aliphatic carbocycles. The van der Waals surface area contributed by atoms with Gasteiger partial charge in [0.15, 0.2) is 0 Å². The number of thiophene rings is 1. The molecule has 2 aromatic rings. The molecule has 10 heteroatoms. The van der Waals surface area contributed by atoms with Crippen molar-refractivity contribution in [1.29, 1.82) is 0 Å². The summed E-state index contributed by atoms with van der Waals surface area (Å²) in [6, 6.07) is 3.92. The van der Waals surface area contributed by atoms with Crippen molar-refractivity contribution in [2.45, 2.75) is 6.18 Å². The van der Waals surface area contributed by atoms with Crippen molar-refractivity contribution in [3.8, 4) is 0 Å². The van der Waals surface area contributed by atoms with Crippen LogP contribution < -0.4 is 10.4 Å². The molecule has 3 rings (SSSR count). The van der Waals surface area contributed by atoms with E-state index in [0.29, 0.717) is 5.01 Å². The van der Waals surface area contributed by atoms with Gasteiger partial charge in [-0.15, -0.1) is 0 Å². The maximum Gasteiger partial charge on any atom is 0.416 e. The fourth-order valence-corrected chi connectivity index (χ4v) is 3.09. The number of carboxylic acid groups (broad SMARTS) is 1. The molecule has 1 fully saturated rings. The molecule has 0 unspecified atom stereocenters. The van der Waals surface area contributed by atoms with Crippen molar-refractivity contribution in [3.63, 3.8) is 0 Å². The first kappa shape index (κ1) is 17.7. The molecule has 2 amide bonds. The number of amides is 2. The van der Waals surface area contributed by atoms with E-state index in [1.54, 1.807) is 0 Å². The van der Waals surface area contributed by atoms with E-state index in [0.717, 1.165) is 35.6 Å². The zero-order chi connectivity index (χ0) is 19.1. The number of halogens is 3. The van der Waals surface area contributed by atoms with Crippen LogP contribution in [0.15, 0.2) is 40.6 Å². The van der Waals surface area contributed by atoms with Gasteiger partial charge in [-0.25, -0.2) is 9.80 Å². The lowest BCUT2D eigenvalue weighted by molar-refractivity contribution is -0.137. The molecule has 1 saturated heterocycles. The van der Waals surface area contributed by atoms with E-state index in [1.807, 2.05) is 0 Å². The van der Waals surface area contributed by atoms with E-state index >= 15 is 0 Å². The average Bonchev–Trinajstić information content (AvgIpc) is 3.14. The Morgan fingerprint density at radius 2 is 1.96 bits per heavy atom. The van der Waals surface area contributed by atoms with Gasteiger partial charge in [0.1, 0.15) is 5.57 Å². The monoisotopic (exact) mass is 382 g/mol. The molecule has 2 heterocycles. The molecule has 1 aliphatic heterocycles. The van der Waals surface area contributed by atoms with Gasteiger partial charge in [0.2, 0.25) is 0 Å².